The molecule has 0 aliphatic rings. The minimum Gasteiger partial charge on any atom is -0.491 e. The summed E-state index contributed by atoms with van der Waals surface area (Å²) in [6, 6.07) is 5.36. The SMILES string of the molecule is CCCCOc1c(CNC(=O)OC(C)(C)C)n(CC(C)(C)C)c(=O)c2ccc(C=CC(=O)OCC)cc12. The molecule has 1 aromatic heterocycles. The van der Waals surface area contributed by atoms with E-state index >= 15 is 0 Å². The highest BCUT2D eigenvalue weighted by atomic mass is 16.6. The molecule has 0 fully saturated rings. The van der Waals surface area contributed by atoms with Gasteiger partial charge in [0.1, 0.15) is 11.4 Å². The summed E-state index contributed by atoms with van der Waals surface area (Å²) in [6.45, 7) is 16.6. The van der Waals surface area contributed by atoms with E-state index in [-0.39, 0.29) is 24.1 Å². The van der Waals surface area contributed by atoms with Crippen molar-refractivity contribution in [2.24, 2.45) is 5.41 Å². The fraction of sp³-hybridized carbons (Fsp3) is 0.552. The van der Waals surface area contributed by atoms with Crippen molar-refractivity contribution >= 4 is 28.9 Å². The lowest BCUT2D eigenvalue weighted by Crippen LogP contribution is -2.36. The molecule has 1 amide bonds. The second-order valence-electron chi connectivity index (χ2n) is 11.2. The van der Waals surface area contributed by atoms with Crippen LogP contribution >= 0.6 is 0 Å². The summed E-state index contributed by atoms with van der Waals surface area (Å²) < 4.78 is 18.4. The molecule has 1 heterocycles. The highest BCUT2D eigenvalue weighted by Crippen LogP contribution is 2.31. The van der Waals surface area contributed by atoms with Crippen molar-refractivity contribution in [2.45, 2.75) is 86.9 Å². The second-order valence-corrected chi connectivity index (χ2v) is 11.2. The summed E-state index contributed by atoms with van der Waals surface area (Å²) in [6.07, 6.45) is 4.20. The monoisotopic (exact) mass is 514 g/mol. The lowest BCUT2D eigenvalue weighted by molar-refractivity contribution is -0.137. The Balaban J connectivity index is 2.70. The quantitative estimate of drug-likeness (QED) is 0.244. The van der Waals surface area contributed by atoms with E-state index in [1.165, 1.54) is 6.08 Å². The predicted octanol–water partition coefficient (Wildman–Crippen LogP) is 5.83. The average Bonchev–Trinajstić information content (AvgIpc) is 2.78. The minimum atomic E-state index is -0.654. The number of unbranched alkanes of at least 4 members (excludes halogenated alkanes) is 1. The third-order valence-electron chi connectivity index (χ3n) is 5.23. The number of hydrogen-bond donors (Lipinski definition) is 1. The number of nitrogens with zero attached hydrogens (tertiary/aromatic N) is 1. The summed E-state index contributed by atoms with van der Waals surface area (Å²) in [5.74, 6) is 0.0969. The molecule has 1 aromatic carbocycles. The van der Waals surface area contributed by atoms with Crippen LogP contribution in [0.3, 0.4) is 0 Å². The van der Waals surface area contributed by atoms with Crippen molar-refractivity contribution in [3.05, 3.63) is 45.9 Å². The number of rotatable bonds is 10. The normalized spacial score (nSPS) is 12.1. The third kappa shape index (κ3) is 9.26. The van der Waals surface area contributed by atoms with Crippen LogP contribution in [-0.4, -0.2) is 35.4 Å². The first-order valence-corrected chi connectivity index (χ1v) is 12.9. The first-order chi connectivity index (χ1) is 17.3. The molecule has 2 aromatic rings. The summed E-state index contributed by atoms with van der Waals surface area (Å²) in [5, 5.41) is 3.93. The van der Waals surface area contributed by atoms with E-state index in [1.54, 1.807) is 50.5 Å². The molecule has 0 bridgehead atoms. The highest BCUT2D eigenvalue weighted by Gasteiger charge is 2.24. The van der Waals surface area contributed by atoms with Crippen LogP contribution < -0.4 is 15.6 Å². The van der Waals surface area contributed by atoms with Crippen LogP contribution in [-0.2, 0) is 27.4 Å². The maximum Gasteiger partial charge on any atom is 0.407 e. The largest absolute Gasteiger partial charge is 0.491 e. The van der Waals surface area contributed by atoms with Gasteiger partial charge in [-0.15, -0.1) is 0 Å². The van der Waals surface area contributed by atoms with Gasteiger partial charge in [0.15, 0.2) is 0 Å². The fourth-order valence-corrected chi connectivity index (χ4v) is 3.71. The van der Waals surface area contributed by atoms with Crippen LogP contribution in [0.1, 0.15) is 79.5 Å². The molecule has 0 saturated heterocycles. The van der Waals surface area contributed by atoms with E-state index in [0.29, 0.717) is 35.4 Å². The smallest absolute Gasteiger partial charge is 0.407 e. The Kier molecular flexibility index (Phi) is 10.3. The molecule has 204 valence electrons. The van der Waals surface area contributed by atoms with Crippen molar-refractivity contribution in [1.29, 1.82) is 0 Å². The van der Waals surface area contributed by atoms with Crippen molar-refractivity contribution < 1.29 is 23.8 Å². The molecule has 0 radical (unpaired) electrons. The molecule has 0 aliphatic heterocycles. The molecule has 0 atom stereocenters. The number of pyridine rings is 1. The fourth-order valence-electron chi connectivity index (χ4n) is 3.71. The molecule has 2 rings (SSSR count). The van der Waals surface area contributed by atoms with Gasteiger partial charge in [0.05, 0.1) is 30.8 Å². The Hall–Kier alpha value is -3.29. The van der Waals surface area contributed by atoms with Crippen LogP contribution in [0, 0.1) is 5.41 Å². The zero-order chi connectivity index (χ0) is 27.8. The molecule has 1 N–H and O–H groups in total. The third-order valence-corrected chi connectivity index (χ3v) is 5.23. The molecular weight excluding hydrogens is 472 g/mol. The number of benzene rings is 1. The Bertz CT molecular complexity index is 1180. The Morgan fingerprint density at radius 3 is 2.35 bits per heavy atom. The van der Waals surface area contributed by atoms with Gasteiger partial charge in [-0.2, -0.15) is 0 Å². The molecule has 0 saturated carbocycles. The summed E-state index contributed by atoms with van der Waals surface area (Å²) in [5.41, 5.74) is 0.260. The Morgan fingerprint density at radius 1 is 1.05 bits per heavy atom. The summed E-state index contributed by atoms with van der Waals surface area (Å²) in [4.78, 5) is 38.0. The van der Waals surface area contributed by atoms with Gasteiger partial charge in [-0.1, -0.05) is 40.2 Å². The number of amides is 1. The van der Waals surface area contributed by atoms with Gasteiger partial charge in [0, 0.05) is 18.0 Å². The van der Waals surface area contributed by atoms with Crippen LogP contribution in [0.5, 0.6) is 5.75 Å². The average molecular weight is 515 g/mol. The topological polar surface area (TPSA) is 95.9 Å². The van der Waals surface area contributed by atoms with Gasteiger partial charge in [-0.3, -0.25) is 4.79 Å². The number of esters is 1. The lowest BCUT2D eigenvalue weighted by atomic mass is 9.96. The Morgan fingerprint density at radius 2 is 1.76 bits per heavy atom. The number of hydrogen-bond acceptors (Lipinski definition) is 6. The molecule has 8 nitrogen and oxygen atoms in total. The number of ether oxygens (including phenoxy) is 3. The number of nitrogens with one attached hydrogen (secondary N) is 1. The van der Waals surface area contributed by atoms with Crippen molar-refractivity contribution in [3.63, 3.8) is 0 Å². The van der Waals surface area contributed by atoms with E-state index in [1.807, 2.05) is 6.07 Å². The minimum absolute atomic E-state index is 0.0561. The summed E-state index contributed by atoms with van der Waals surface area (Å²) in [7, 11) is 0. The van der Waals surface area contributed by atoms with Gasteiger partial charge in [-0.05, 0) is 63.3 Å². The molecule has 0 unspecified atom stereocenters. The van der Waals surface area contributed by atoms with E-state index in [4.69, 9.17) is 14.2 Å². The molecule has 37 heavy (non-hydrogen) atoms. The molecule has 8 heteroatoms. The van der Waals surface area contributed by atoms with Crippen molar-refractivity contribution in [1.82, 2.24) is 9.88 Å². The number of fused-ring (bicyclic) bond motifs is 1. The first-order valence-electron chi connectivity index (χ1n) is 12.9. The lowest BCUT2D eigenvalue weighted by Gasteiger charge is -2.26. The van der Waals surface area contributed by atoms with E-state index in [0.717, 1.165) is 18.4 Å². The van der Waals surface area contributed by atoms with Gasteiger partial charge < -0.3 is 24.1 Å². The maximum absolute atomic E-state index is 13.7. The van der Waals surface area contributed by atoms with E-state index in [9.17, 15) is 14.4 Å². The maximum atomic E-state index is 13.7. The van der Waals surface area contributed by atoms with Crippen LogP contribution in [0.15, 0.2) is 29.1 Å². The predicted molar refractivity (Wildman–Crippen MR) is 147 cm³/mol. The highest BCUT2D eigenvalue weighted by molar-refractivity contribution is 5.92. The van der Waals surface area contributed by atoms with Gasteiger partial charge in [0.2, 0.25) is 0 Å². The first kappa shape index (κ1) is 29.9. The molecule has 0 aliphatic carbocycles. The van der Waals surface area contributed by atoms with Gasteiger partial charge in [-0.25, -0.2) is 9.59 Å². The zero-order valence-corrected chi connectivity index (χ0v) is 23.5. The van der Waals surface area contributed by atoms with Gasteiger partial charge >= 0.3 is 12.1 Å². The van der Waals surface area contributed by atoms with Crippen LogP contribution in [0.2, 0.25) is 0 Å². The van der Waals surface area contributed by atoms with Crippen molar-refractivity contribution in [3.8, 4) is 5.75 Å². The zero-order valence-electron chi connectivity index (χ0n) is 23.5. The van der Waals surface area contributed by atoms with E-state index in [2.05, 4.69) is 33.0 Å². The molecule has 0 spiro atoms. The standard InChI is InChI=1S/C29H42N2O6/c1-9-11-16-36-25-22-17-20(13-15-24(32)35-10-2)12-14-21(22)26(33)31(19-28(3,4)5)23(25)18-30-27(34)37-29(6,7)8/h12-15,17H,9-11,16,18-19H2,1-8H3,(H,30,34). The van der Waals surface area contributed by atoms with Crippen LogP contribution in [0.4, 0.5) is 4.79 Å². The number of aromatic nitrogens is 1. The van der Waals surface area contributed by atoms with E-state index < -0.39 is 17.7 Å². The van der Waals surface area contributed by atoms with Crippen LogP contribution in [0.25, 0.3) is 16.8 Å². The second kappa shape index (κ2) is 12.8. The summed E-state index contributed by atoms with van der Waals surface area (Å²) >= 11 is 0. The molecular formula is C29H42N2O6. The Labute approximate surface area is 220 Å². The number of carbonyl (C=O) groups is 2. The number of carbonyl (C=O) groups excluding carboxylic acids is 2. The van der Waals surface area contributed by atoms with Crippen molar-refractivity contribution in [2.75, 3.05) is 13.2 Å². The van der Waals surface area contributed by atoms with Gasteiger partial charge in [0.25, 0.3) is 5.56 Å². The number of alkyl carbamates (subject to hydrolysis) is 1.